The second kappa shape index (κ2) is 15.4. The summed E-state index contributed by atoms with van der Waals surface area (Å²) in [5, 5.41) is 9.85. The van der Waals surface area contributed by atoms with Crippen molar-refractivity contribution < 1.29 is 24.2 Å². The Hall–Kier alpha value is -1.49. The molecule has 0 aromatic carbocycles. The van der Waals surface area contributed by atoms with Gasteiger partial charge in [0.05, 0.1) is 12.7 Å². The van der Waals surface area contributed by atoms with Gasteiger partial charge in [0.1, 0.15) is 11.9 Å². The van der Waals surface area contributed by atoms with E-state index in [9.17, 15) is 19.5 Å². The summed E-state index contributed by atoms with van der Waals surface area (Å²) in [6.07, 6.45) is 10.2. The lowest BCUT2D eigenvalue weighted by molar-refractivity contribution is -0.139. The normalized spacial score (nSPS) is 15.0. The maximum atomic E-state index is 12.4. The number of carbonyl (C=O) groups is 3. The van der Waals surface area contributed by atoms with Crippen LogP contribution < -0.4 is 0 Å². The Morgan fingerprint density at radius 2 is 1.61 bits per heavy atom. The minimum Gasteiger partial charge on any atom is -0.466 e. The predicted octanol–water partition coefficient (Wildman–Crippen LogP) is 4.80. The molecule has 5 nitrogen and oxygen atoms in total. The van der Waals surface area contributed by atoms with Crippen molar-refractivity contribution in [1.82, 2.24) is 0 Å². The van der Waals surface area contributed by atoms with Gasteiger partial charge in [0.25, 0.3) is 0 Å². The minimum absolute atomic E-state index is 0.0232. The van der Waals surface area contributed by atoms with Crippen molar-refractivity contribution in [2.24, 2.45) is 11.8 Å². The highest BCUT2D eigenvalue weighted by atomic mass is 16.5. The van der Waals surface area contributed by atoms with Gasteiger partial charge in [-0.05, 0) is 32.1 Å². The van der Waals surface area contributed by atoms with Crippen molar-refractivity contribution >= 4 is 17.5 Å². The van der Waals surface area contributed by atoms with Gasteiger partial charge in [-0.25, -0.2) is 4.79 Å². The van der Waals surface area contributed by atoms with Crippen molar-refractivity contribution in [2.75, 3.05) is 7.11 Å². The smallest absolute Gasteiger partial charge is 0.336 e. The second-order valence-electron chi connectivity index (χ2n) is 7.97. The van der Waals surface area contributed by atoms with Crippen LogP contribution >= 0.6 is 0 Å². The Bertz CT molecular complexity index is 509. The first-order valence-electron chi connectivity index (χ1n) is 10.7. The summed E-state index contributed by atoms with van der Waals surface area (Å²) in [5.74, 6) is -0.622. The van der Waals surface area contributed by atoms with E-state index in [-0.39, 0.29) is 17.4 Å². The number of methoxy groups -OCH3 is 1. The average Bonchev–Trinajstić information content (AvgIpc) is 2.66. The average molecular weight is 397 g/mol. The molecule has 0 spiro atoms. The Balaban J connectivity index is 4.33. The molecular formula is C23H40O5. The number of hydrogen-bond acceptors (Lipinski definition) is 5. The third-order valence-corrected chi connectivity index (χ3v) is 5.21. The van der Waals surface area contributed by atoms with Crippen LogP contribution in [0.4, 0.5) is 0 Å². The van der Waals surface area contributed by atoms with E-state index in [1.54, 1.807) is 6.08 Å². The molecule has 0 saturated heterocycles. The minimum atomic E-state index is -1.46. The summed E-state index contributed by atoms with van der Waals surface area (Å²) in [7, 11) is 1.22. The van der Waals surface area contributed by atoms with E-state index >= 15 is 0 Å². The van der Waals surface area contributed by atoms with Gasteiger partial charge in [-0.15, -0.1) is 0 Å². The Kier molecular flexibility index (Phi) is 14.6. The van der Waals surface area contributed by atoms with Crippen LogP contribution in [0.1, 0.15) is 91.9 Å². The van der Waals surface area contributed by atoms with Crippen LogP contribution in [0.5, 0.6) is 0 Å². The van der Waals surface area contributed by atoms with Crippen LogP contribution in [0.25, 0.3) is 0 Å². The summed E-state index contributed by atoms with van der Waals surface area (Å²) in [6.45, 7) is 7.47. The fourth-order valence-electron chi connectivity index (χ4n) is 3.21. The van der Waals surface area contributed by atoms with E-state index in [1.165, 1.54) is 46.1 Å². The maximum Gasteiger partial charge on any atom is 0.336 e. The first-order chi connectivity index (χ1) is 13.2. The molecule has 5 heteroatoms. The van der Waals surface area contributed by atoms with Crippen molar-refractivity contribution in [3.63, 3.8) is 0 Å². The largest absolute Gasteiger partial charge is 0.466 e. The molecule has 0 heterocycles. The van der Waals surface area contributed by atoms with E-state index in [4.69, 9.17) is 0 Å². The molecular weight excluding hydrogens is 356 g/mol. The molecule has 3 atom stereocenters. The van der Waals surface area contributed by atoms with Crippen molar-refractivity contribution in [3.8, 4) is 0 Å². The number of aliphatic hydroxyl groups is 1. The highest BCUT2D eigenvalue weighted by molar-refractivity contribution is 5.98. The number of carbonyl (C=O) groups excluding carboxylic acids is 3. The van der Waals surface area contributed by atoms with Crippen molar-refractivity contribution in [3.05, 3.63) is 11.6 Å². The van der Waals surface area contributed by atoms with Gasteiger partial charge in [-0.2, -0.15) is 0 Å². The number of rotatable bonds is 16. The number of hydrogen-bond donors (Lipinski definition) is 1. The van der Waals surface area contributed by atoms with E-state index in [0.717, 1.165) is 12.8 Å². The number of unbranched alkanes of at least 4 members (excludes halogenated alkanes) is 5. The van der Waals surface area contributed by atoms with E-state index in [0.29, 0.717) is 25.0 Å². The summed E-state index contributed by atoms with van der Waals surface area (Å²) in [6, 6.07) is 0. The molecule has 0 saturated carbocycles. The van der Waals surface area contributed by atoms with E-state index in [1.807, 2.05) is 13.8 Å². The molecule has 0 unspecified atom stereocenters. The summed E-state index contributed by atoms with van der Waals surface area (Å²) < 4.78 is 4.63. The van der Waals surface area contributed by atoms with Crippen LogP contribution in [0.15, 0.2) is 11.6 Å². The first-order valence-corrected chi connectivity index (χ1v) is 10.7. The molecule has 0 radical (unpaired) electrons. The number of ketones is 2. The molecule has 162 valence electrons. The Morgan fingerprint density at radius 3 is 2.18 bits per heavy atom. The molecule has 0 bridgehead atoms. The third kappa shape index (κ3) is 11.4. The summed E-state index contributed by atoms with van der Waals surface area (Å²) in [4.78, 5) is 35.5. The van der Waals surface area contributed by atoms with E-state index < -0.39 is 17.9 Å². The number of aliphatic hydroxyl groups excluding tert-OH is 1. The van der Waals surface area contributed by atoms with Crippen LogP contribution in [-0.2, 0) is 19.1 Å². The fraction of sp³-hybridized carbons (Fsp3) is 0.783. The number of ether oxygens (including phenoxy) is 1. The van der Waals surface area contributed by atoms with Crippen LogP contribution in [0.2, 0.25) is 0 Å². The fourth-order valence-corrected chi connectivity index (χ4v) is 3.21. The highest BCUT2D eigenvalue weighted by Crippen LogP contribution is 2.20. The highest BCUT2D eigenvalue weighted by Gasteiger charge is 2.23. The lowest BCUT2D eigenvalue weighted by atomic mass is 9.90. The van der Waals surface area contributed by atoms with Crippen molar-refractivity contribution in [1.29, 1.82) is 0 Å². The van der Waals surface area contributed by atoms with Gasteiger partial charge >= 0.3 is 5.97 Å². The predicted molar refractivity (Wildman–Crippen MR) is 112 cm³/mol. The monoisotopic (exact) mass is 396 g/mol. The molecule has 0 aliphatic carbocycles. The first kappa shape index (κ1) is 26.5. The molecule has 0 rings (SSSR count). The van der Waals surface area contributed by atoms with Gasteiger partial charge in [0.15, 0.2) is 5.78 Å². The quantitative estimate of drug-likeness (QED) is 0.230. The number of Topliss-reactive ketones (excluding diaryl/α,β-unsaturated/α-hetero) is 2. The molecule has 0 fully saturated rings. The zero-order valence-electron chi connectivity index (χ0n) is 18.5. The molecule has 0 aromatic heterocycles. The Morgan fingerprint density at radius 1 is 1.00 bits per heavy atom. The topological polar surface area (TPSA) is 80.7 Å². The van der Waals surface area contributed by atoms with Gasteiger partial charge in [-0.3, -0.25) is 9.59 Å². The van der Waals surface area contributed by atoms with Crippen molar-refractivity contribution in [2.45, 2.75) is 98.0 Å². The zero-order chi connectivity index (χ0) is 21.5. The molecule has 0 aromatic rings. The van der Waals surface area contributed by atoms with Gasteiger partial charge in [-0.1, -0.05) is 65.4 Å². The van der Waals surface area contributed by atoms with Crippen LogP contribution in [-0.4, -0.2) is 35.9 Å². The lowest BCUT2D eigenvalue weighted by Gasteiger charge is -2.15. The molecule has 1 N–H and O–H groups in total. The Labute approximate surface area is 170 Å². The number of allylic oxidation sites excluding steroid dienone is 1. The van der Waals surface area contributed by atoms with E-state index in [2.05, 4.69) is 11.7 Å². The molecule has 28 heavy (non-hydrogen) atoms. The summed E-state index contributed by atoms with van der Waals surface area (Å²) >= 11 is 0. The zero-order valence-corrected chi connectivity index (χ0v) is 18.5. The van der Waals surface area contributed by atoms with Gasteiger partial charge in [0.2, 0.25) is 0 Å². The summed E-state index contributed by atoms with van der Waals surface area (Å²) in [5.41, 5.74) is -0.0232. The molecule has 0 aliphatic heterocycles. The third-order valence-electron chi connectivity index (χ3n) is 5.21. The lowest BCUT2D eigenvalue weighted by Crippen LogP contribution is -2.25. The maximum absolute atomic E-state index is 12.4. The molecule has 0 amide bonds. The van der Waals surface area contributed by atoms with Crippen LogP contribution in [0, 0.1) is 11.8 Å². The van der Waals surface area contributed by atoms with Gasteiger partial charge < -0.3 is 9.84 Å². The van der Waals surface area contributed by atoms with Crippen LogP contribution in [0.3, 0.4) is 0 Å². The SMILES string of the molecule is CCCCCCCC[C@@H](C)C(=O)C[C@@H](C)CC/C=C(\C(=O)OC)[C@@H](O)C(C)=O. The number of esters is 1. The second-order valence-corrected chi connectivity index (χ2v) is 7.97. The standard InChI is InChI=1S/C23H40O5/c1-6-7-8-9-10-11-14-18(3)21(25)16-17(2)13-12-15-20(23(27)28-5)22(26)19(4)24/h15,17-18,22,26H,6-14,16H2,1-5H3/b20-15-/t17-,18+,22-/m0/s1. The molecule has 0 aliphatic rings. The van der Waals surface area contributed by atoms with Gasteiger partial charge in [0, 0.05) is 12.3 Å².